The Labute approximate surface area is 190 Å². The number of hydrogen-bond acceptors (Lipinski definition) is 4. The van der Waals surface area contributed by atoms with Crippen molar-refractivity contribution in [1.29, 1.82) is 0 Å². The van der Waals surface area contributed by atoms with Crippen molar-refractivity contribution >= 4 is 17.8 Å². The highest BCUT2D eigenvalue weighted by Gasteiger charge is 2.29. The summed E-state index contributed by atoms with van der Waals surface area (Å²) in [4.78, 5) is 38.6. The van der Waals surface area contributed by atoms with E-state index in [2.05, 4.69) is 10.6 Å². The van der Waals surface area contributed by atoms with Gasteiger partial charge in [-0.1, -0.05) is 36.4 Å². The van der Waals surface area contributed by atoms with Crippen LogP contribution in [-0.2, 0) is 20.8 Å². The van der Waals surface area contributed by atoms with Gasteiger partial charge in [0, 0.05) is 19.1 Å². The monoisotopic (exact) mass is 441 g/mol. The van der Waals surface area contributed by atoms with Gasteiger partial charge >= 0.3 is 5.97 Å². The number of aryl methyl sites for hydroxylation is 1. The zero-order valence-electron chi connectivity index (χ0n) is 18.7. The Morgan fingerprint density at radius 2 is 1.91 bits per heavy atom. The number of carboxylic acids is 1. The minimum absolute atomic E-state index is 0.0350. The first-order valence-corrected chi connectivity index (χ1v) is 11.7. The van der Waals surface area contributed by atoms with Crippen molar-refractivity contribution in [3.05, 3.63) is 48.0 Å². The third-order valence-corrected chi connectivity index (χ3v) is 6.39. The van der Waals surface area contributed by atoms with Gasteiger partial charge in [0.2, 0.25) is 11.8 Å². The fraction of sp³-hybridized carbons (Fsp3) is 0.560. The van der Waals surface area contributed by atoms with E-state index in [9.17, 15) is 19.5 Å². The minimum atomic E-state index is -0.924. The van der Waals surface area contributed by atoms with Crippen molar-refractivity contribution in [2.75, 3.05) is 26.2 Å². The average Bonchev–Trinajstić information content (AvgIpc) is 2.82. The standard InChI is InChI=1S/C25H35N3O4/c29-23(11-9-20-12-14-26-15-13-20)28-16-4-7-21(18-28)25(32)27-22(17-24(30)31)10-8-19-5-2-1-3-6-19/h1-3,5-6,9,11,20-22,26H,4,7-8,10,12-18H2,(H,27,32)(H,30,31)/b11-9+. The zero-order chi connectivity index (χ0) is 22.8. The molecule has 7 nitrogen and oxygen atoms in total. The third-order valence-electron chi connectivity index (χ3n) is 6.39. The van der Waals surface area contributed by atoms with E-state index >= 15 is 0 Å². The van der Waals surface area contributed by atoms with E-state index in [1.54, 1.807) is 11.0 Å². The lowest BCUT2D eigenvalue weighted by molar-refractivity contribution is -0.138. The summed E-state index contributed by atoms with van der Waals surface area (Å²) in [7, 11) is 0. The smallest absolute Gasteiger partial charge is 0.305 e. The van der Waals surface area contributed by atoms with Gasteiger partial charge in [-0.15, -0.1) is 0 Å². The number of nitrogens with one attached hydrogen (secondary N) is 2. The van der Waals surface area contributed by atoms with Crippen molar-refractivity contribution in [2.24, 2.45) is 11.8 Å². The van der Waals surface area contributed by atoms with Crippen LogP contribution in [0.1, 0.15) is 44.1 Å². The number of carbonyl (C=O) groups excluding carboxylic acids is 2. The Morgan fingerprint density at radius 1 is 1.16 bits per heavy atom. The number of hydrogen-bond donors (Lipinski definition) is 3. The summed E-state index contributed by atoms with van der Waals surface area (Å²) in [5, 5.41) is 15.5. The van der Waals surface area contributed by atoms with E-state index in [4.69, 9.17) is 0 Å². The molecule has 2 aliphatic heterocycles. The van der Waals surface area contributed by atoms with Crippen molar-refractivity contribution in [2.45, 2.75) is 51.0 Å². The highest BCUT2D eigenvalue weighted by atomic mass is 16.4. The second kappa shape index (κ2) is 12.4. The molecule has 2 aliphatic rings. The lowest BCUT2D eigenvalue weighted by Crippen LogP contribution is -2.47. The summed E-state index contributed by atoms with van der Waals surface area (Å²) in [6.07, 6.45) is 8.43. The Morgan fingerprint density at radius 3 is 2.62 bits per heavy atom. The van der Waals surface area contributed by atoms with Crippen LogP contribution in [0.4, 0.5) is 0 Å². The molecule has 7 heteroatoms. The summed E-state index contributed by atoms with van der Waals surface area (Å²) in [6, 6.07) is 9.42. The van der Waals surface area contributed by atoms with Crippen LogP contribution in [0.2, 0.25) is 0 Å². The summed E-state index contributed by atoms with van der Waals surface area (Å²) >= 11 is 0. The Balaban J connectivity index is 1.51. The van der Waals surface area contributed by atoms with E-state index in [1.165, 1.54) is 0 Å². The number of carboxylic acid groups (broad SMARTS) is 1. The van der Waals surface area contributed by atoms with Crippen molar-refractivity contribution in [3.8, 4) is 0 Å². The Kier molecular flexibility index (Phi) is 9.28. The van der Waals surface area contributed by atoms with Gasteiger partial charge in [0.15, 0.2) is 0 Å². The molecule has 3 rings (SSSR count). The Bertz CT molecular complexity index is 790. The van der Waals surface area contributed by atoms with Gasteiger partial charge in [0.25, 0.3) is 0 Å². The predicted octanol–water partition coefficient (Wildman–Crippen LogP) is 2.37. The van der Waals surface area contributed by atoms with Gasteiger partial charge in [-0.2, -0.15) is 0 Å². The maximum atomic E-state index is 12.9. The zero-order valence-corrected chi connectivity index (χ0v) is 18.7. The maximum Gasteiger partial charge on any atom is 0.305 e. The number of likely N-dealkylation sites (tertiary alicyclic amines) is 1. The van der Waals surface area contributed by atoms with Crippen LogP contribution in [0, 0.1) is 11.8 Å². The maximum absolute atomic E-state index is 12.9. The van der Waals surface area contributed by atoms with Gasteiger partial charge in [-0.05, 0) is 69.2 Å². The molecular weight excluding hydrogens is 406 g/mol. The van der Waals surface area contributed by atoms with Crippen LogP contribution in [0.3, 0.4) is 0 Å². The SMILES string of the molecule is O=C(O)CC(CCc1ccccc1)NC(=O)C1CCCN(C(=O)/C=C/C2CCNCC2)C1. The molecule has 3 N–H and O–H groups in total. The quantitative estimate of drug-likeness (QED) is 0.511. The lowest BCUT2D eigenvalue weighted by Gasteiger charge is -2.32. The fourth-order valence-electron chi connectivity index (χ4n) is 4.49. The first-order valence-electron chi connectivity index (χ1n) is 11.7. The molecule has 1 aromatic carbocycles. The fourth-order valence-corrected chi connectivity index (χ4v) is 4.49. The number of carbonyl (C=O) groups is 3. The van der Waals surface area contributed by atoms with Crippen molar-refractivity contribution in [3.63, 3.8) is 0 Å². The van der Waals surface area contributed by atoms with Gasteiger partial charge in [-0.25, -0.2) is 0 Å². The molecule has 2 saturated heterocycles. The van der Waals surface area contributed by atoms with Crippen molar-refractivity contribution in [1.82, 2.24) is 15.5 Å². The third kappa shape index (κ3) is 7.79. The first-order chi connectivity index (χ1) is 15.5. The van der Waals surface area contributed by atoms with Crippen molar-refractivity contribution < 1.29 is 19.5 Å². The van der Waals surface area contributed by atoms with Crippen LogP contribution in [0.5, 0.6) is 0 Å². The Hall–Kier alpha value is -2.67. The number of amides is 2. The second-order valence-corrected chi connectivity index (χ2v) is 8.90. The number of allylic oxidation sites excluding steroid dienone is 1. The predicted molar refractivity (Wildman–Crippen MR) is 123 cm³/mol. The number of aliphatic carboxylic acids is 1. The topological polar surface area (TPSA) is 98.7 Å². The molecule has 0 bridgehead atoms. The molecule has 174 valence electrons. The van der Waals surface area contributed by atoms with E-state index in [1.807, 2.05) is 36.4 Å². The van der Waals surface area contributed by atoms with Crippen LogP contribution in [0.15, 0.2) is 42.5 Å². The van der Waals surface area contributed by atoms with Gasteiger partial charge in [-0.3, -0.25) is 14.4 Å². The minimum Gasteiger partial charge on any atom is -0.481 e. The lowest BCUT2D eigenvalue weighted by atomic mass is 9.95. The molecule has 0 aliphatic carbocycles. The molecule has 2 amide bonds. The number of piperidine rings is 2. The molecule has 2 heterocycles. The van der Waals surface area contributed by atoms with E-state index in [0.29, 0.717) is 38.3 Å². The molecular formula is C25H35N3O4. The van der Waals surface area contributed by atoms with Crippen LogP contribution < -0.4 is 10.6 Å². The van der Waals surface area contributed by atoms with Crippen LogP contribution >= 0.6 is 0 Å². The molecule has 0 spiro atoms. The second-order valence-electron chi connectivity index (χ2n) is 8.90. The molecule has 1 aromatic rings. The first kappa shape index (κ1) is 24.0. The van der Waals surface area contributed by atoms with Crippen LogP contribution in [0.25, 0.3) is 0 Å². The van der Waals surface area contributed by atoms with Gasteiger partial charge in [0.05, 0.1) is 12.3 Å². The van der Waals surface area contributed by atoms with E-state index in [0.717, 1.165) is 37.9 Å². The van der Waals surface area contributed by atoms with E-state index in [-0.39, 0.29) is 24.2 Å². The molecule has 2 atom stereocenters. The van der Waals surface area contributed by atoms with E-state index < -0.39 is 12.0 Å². The van der Waals surface area contributed by atoms with Crippen LogP contribution in [-0.4, -0.2) is 60.0 Å². The molecule has 0 saturated carbocycles. The average molecular weight is 442 g/mol. The highest BCUT2D eigenvalue weighted by molar-refractivity contribution is 5.88. The van der Waals surface area contributed by atoms with Gasteiger partial charge < -0.3 is 20.6 Å². The molecule has 2 unspecified atom stereocenters. The van der Waals surface area contributed by atoms with Gasteiger partial charge in [0.1, 0.15) is 0 Å². The highest BCUT2D eigenvalue weighted by Crippen LogP contribution is 2.19. The number of benzene rings is 1. The molecule has 32 heavy (non-hydrogen) atoms. The summed E-state index contributed by atoms with van der Waals surface area (Å²) < 4.78 is 0. The summed E-state index contributed by atoms with van der Waals surface area (Å²) in [6.45, 7) is 3.01. The largest absolute Gasteiger partial charge is 0.481 e. The molecule has 0 aromatic heterocycles. The normalized spacial score (nSPS) is 20.8. The molecule has 2 fully saturated rings. The number of nitrogens with zero attached hydrogens (tertiary/aromatic N) is 1. The number of rotatable bonds is 9. The molecule has 0 radical (unpaired) electrons. The summed E-state index contributed by atoms with van der Waals surface area (Å²) in [5.41, 5.74) is 1.12. The summed E-state index contributed by atoms with van der Waals surface area (Å²) in [5.74, 6) is -0.971.